The van der Waals surface area contributed by atoms with Crippen molar-refractivity contribution >= 4 is 21.6 Å². The molecule has 0 saturated carbocycles. The second kappa shape index (κ2) is 11.3. The van der Waals surface area contributed by atoms with Crippen LogP contribution in [0.3, 0.4) is 0 Å². The third kappa shape index (κ3) is 6.15. The van der Waals surface area contributed by atoms with Gasteiger partial charge in [0.25, 0.3) is 0 Å². The number of morpholine rings is 1. The largest absolute Gasteiger partial charge is 0.494 e. The first-order valence-electron chi connectivity index (χ1n) is 11.9. The molecule has 2 saturated heterocycles. The lowest BCUT2D eigenvalue weighted by atomic mass is 9.95. The molecule has 2 aliphatic heterocycles. The number of sulfonamides is 1. The summed E-state index contributed by atoms with van der Waals surface area (Å²) in [5, 5.41) is 2.95. The molecule has 0 aromatic heterocycles. The zero-order valence-corrected chi connectivity index (χ0v) is 20.4. The van der Waals surface area contributed by atoms with Gasteiger partial charge >= 0.3 is 0 Å². The molecular formula is C25H33N3O5S. The summed E-state index contributed by atoms with van der Waals surface area (Å²) in [6.45, 7) is 6.71. The van der Waals surface area contributed by atoms with Gasteiger partial charge in [-0.3, -0.25) is 9.69 Å². The normalized spacial score (nSPS) is 18.5. The van der Waals surface area contributed by atoms with Gasteiger partial charge in [0.2, 0.25) is 15.9 Å². The van der Waals surface area contributed by atoms with Crippen molar-refractivity contribution in [3.63, 3.8) is 0 Å². The predicted molar refractivity (Wildman–Crippen MR) is 130 cm³/mol. The number of likely N-dealkylation sites (tertiary alicyclic amines) is 1. The number of nitrogens with zero attached hydrogens (tertiary/aromatic N) is 2. The van der Waals surface area contributed by atoms with Crippen LogP contribution >= 0.6 is 0 Å². The van der Waals surface area contributed by atoms with Gasteiger partial charge in [0, 0.05) is 31.2 Å². The Bertz CT molecular complexity index is 1060. The zero-order chi connectivity index (χ0) is 24.0. The van der Waals surface area contributed by atoms with E-state index in [9.17, 15) is 13.2 Å². The van der Waals surface area contributed by atoms with Crippen molar-refractivity contribution in [1.82, 2.24) is 9.21 Å². The first-order valence-corrected chi connectivity index (χ1v) is 13.3. The van der Waals surface area contributed by atoms with Crippen molar-refractivity contribution in [1.29, 1.82) is 0 Å². The van der Waals surface area contributed by atoms with Crippen LogP contribution in [0.4, 0.5) is 5.69 Å². The van der Waals surface area contributed by atoms with Crippen molar-refractivity contribution in [3.05, 3.63) is 54.1 Å². The number of carbonyl (C=O) groups is 1. The molecule has 0 unspecified atom stereocenters. The van der Waals surface area contributed by atoms with E-state index < -0.39 is 10.0 Å². The summed E-state index contributed by atoms with van der Waals surface area (Å²) in [4.78, 5) is 15.4. The molecule has 0 spiro atoms. The fourth-order valence-corrected chi connectivity index (χ4v) is 5.81. The first-order chi connectivity index (χ1) is 16.5. The molecule has 2 heterocycles. The van der Waals surface area contributed by atoms with Gasteiger partial charge in [-0.2, -0.15) is 4.31 Å². The van der Waals surface area contributed by atoms with Crippen molar-refractivity contribution in [2.24, 2.45) is 5.92 Å². The Hall–Kier alpha value is -2.46. The summed E-state index contributed by atoms with van der Waals surface area (Å²) in [5.74, 6) is 0.822. The Morgan fingerprint density at radius 3 is 2.44 bits per heavy atom. The molecule has 8 nitrogen and oxygen atoms in total. The number of ether oxygens (including phenoxy) is 2. The molecule has 9 heteroatoms. The molecule has 0 radical (unpaired) electrons. The molecule has 2 aliphatic rings. The Kier molecular flexibility index (Phi) is 8.20. The highest BCUT2D eigenvalue weighted by molar-refractivity contribution is 7.89. The van der Waals surface area contributed by atoms with Crippen LogP contribution in [-0.2, 0) is 26.1 Å². The van der Waals surface area contributed by atoms with Crippen molar-refractivity contribution in [2.45, 2.75) is 31.2 Å². The van der Waals surface area contributed by atoms with Crippen LogP contribution in [0.15, 0.2) is 53.4 Å². The van der Waals surface area contributed by atoms with Gasteiger partial charge in [-0.05, 0) is 74.8 Å². The van der Waals surface area contributed by atoms with Crippen molar-refractivity contribution < 1.29 is 22.7 Å². The Morgan fingerprint density at radius 1 is 1.06 bits per heavy atom. The molecule has 4 rings (SSSR count). The molecule has 184 valence electrons. The SMILES string of the molecule is CCOc1cccc(CN2CCC(C(=O)Nc3ccc(S(=O)(=O)N4CCOCC4)cc3)CC2)c1. The standard InChI is InChI=1S/C25H33N3O5S/c1-2-33-23-5-3-4-20(18-23)19-27-12-10-21(11-13-27)25(29)26-22-6-8-24(9-7-22)34(30,31)28-14-16-32-17-15-28/h3-9,18,21H,2,10-17,19H2,1H3,(H,26,29). The Morgan fingerprint density at radius 2 is 1.76 bits per heavy atom. The highest BCUT2D eigenvalue weighted by Crippen LogP contribution is 2.24. The quantitative estimate of drug-likeness (QED) is 0.616. The van der Waals surface area contributed by atoms with E-state index in [1.807, 2.05) is 19.1 Å². The van der Waals surface area contributed by atoms with E-state index in [2.05, 4.69) is 22.3 Å². The number of anilines is 1. The van der Waals surface area contributed by atoms with Gasteiger partial charge in [0.1, 0.15) is 5.75 Å². The molecular weight excluding hydrogens is 454 g/mol. The molecule has 1 N–H and O–H groups in total. The molecule has 2 aromatic rings. The van der Waals surface area contributed by atoms with Gasteiger partial charge in [-0.15, -0.1) is 0 Å². The monoisotopic (exact) mass is 487 g/mol. The predicted octanol–water partition coefficient (Wildman–Crippen LogP) is 2.96. The fraction of sp³-hybridized carbons (Fsp3) is 0.480. The Labute approximate surface area is 201 Å². The van der Waals surface area contributed by atoms with E-state index in [0.717, 1.165) is 38.2 Å². The van der Waals surface area contributed by atoms with Gasteiger partial charge < -0.3 is 14.8 Å². The third-order valence-electron chi connectivity index (χ3n) is 6.30. The lowest BCUT2D eigenvalue weighted by Crippen LogP contribution is -2.40. The van der Waals surface area contributed by atoms with Crippen LogP contribution in [0.2, 0.25) is 0 Å². The van der Waals surface area contributed by atoms with Crippen LogP contribution in [0.5, 0.6) is 5.75 Å². The molecule has 2 aromatic carbocycles. The van der Waals surface area contributed by atoms with Crippen LogP contribution in [-0.4, -0.2) is 69.5 Å². The number of nitrogens with one attached hydrogen (secondary N) is 1. The van der Waals surface area contributed by atoms with Crippen molar-refractivity contribution in [2.75, 3.05) is 51.3 Å². The number of piperidine rings is 1. The average Bonchev–Trinajstić information content (AvgIpc) is 2.86. The van der Waals surface area contributed by atoms with Gasteiger partial charge in [-0.25, -0.2) is 8.42 Å². The minimum absolute atomic E-state index is 0.0122. The summed E-state index contributed by atoms with van der Waals surface area (Å²) in [7, 11) is -3.54. The minimum atomic E-state index is -3.54. The van der Waals surface area contributed by atoms with E-state index in [4.69, 9.17) is 9.47 Å². The van der Waals surface area contributed by atoms with E-state index in [1.165, 1.54) is 9.87 Å². The van der Waals surface area contributed by atoms with E-state index in [1.54, 1.807) is 24.3 Å². The third-order valence-corrected chi connectivity index (χ3v) is 8.22. The topological polar surface area (TPSA) is 88.2 Å². The summed E-state index contributed by atoms with van der Waals surface area (Å²) < 4.78 is 37.8. The lowest BCUT2D eigenvalue weighted by molar-refractivity contribution is -0.121. The maximum Gasteiger partial charge on any atom is 0.243 e. The zero-order valence-electron chi connectivity index (χ0n) is 19.6. The van der Waals surface area contributed by atoms with Crippen LogP contribution in [0, 0.1) is 5.92 Å². The number of carbonyl (C=O) groups excluding carboxylic acids is 1. The molecule has 0 bridgehead atoms. The van der Waals surface area contributed by atoms with Gasteiger partial charge in [-0.1, -0.05) is 12.1 Å². The molecule has 0 aliphatic carbocycles. The summed E-state index contributed by atoms with van der Waals surface area (Å²) in [6, 6.07) is 14.6. The van der Waals surface area contributed by atoms with Gasteiger partial charge in [0.15, 0.2) is 0 Å². The summed E-state index contributed by atoms with van der Waals surface area (Å²) in [6.07, 6.45) is 1.58. The highest BCUT2D eigenvalue weighted by Gasteiger charge is 2.27. The number of amides is 1. The number of benzene rings is 2. The highest BCUT2D eigenvalue weighted by atomic mass is 32.2. The number of hydrogen-bond acceptors (Lipinski definition) is 6. The van der Waals surface area contributed by atoms with Crippen LogP contribution < -0.4 is 10.1 Å². The fourth-order valence-electron chi connectivity index (χ4n) is 4.40. The van der Waals surface area contributed by atoms with Crippen molar-refractivity contribution in [3.8, 4) is 5.75 Å². The van der Waals surface area contributed by atoms with E-state index in [0.29, 0.717) is 38.6 Å². The number of hydrogen-bond donors (Lipinski definition) is 1. The van der Waals surface area contributed by atoms with Gasteiger partial charge in [0.05, 0.1) is 24.7 Å². The molecule has 0 atom stereocenters. The van der Waals surface area contributed by atoms with E-state index >= 15 is 0 Å². The maximum absolute atomic E-state index is 12.8. The van der Waals surface area contributed by atoms with E-state index in [-0.39, 0.29) is 16.7 Å². The summed E-state index contributed by atoms with van der Waals surface area (Å²) >= 11 is 0. The summed E-state index contributed by atoms with van der Waals surface area (Å²) in [5.41, 5.74) is 1.82. The molecule has 1 amide bonds. The second-order valence-electron chi connectivity index (χ2n) is 8.66. The average molecular weight is 488 g/mol. The smallest absolute Gasteiger partial charge is 0.243 e. The lowest BCUT2D eigenvalue weighted by Gasteiger charge is -2.31. The van der Waals surface area contributed by atoms with Crippen LogP contribution in [0.25, 0.3) is 0 Å². The maximum atomic E-state index is 12.8. The molecule has 34 heavy (non-hydrogen) atoms. The first kappa shape index (κ1) is 24.7. The number of rotatable bonds is 8. The van der Waals surface area contributed by atoms with Crippen LogP contribution in [0.1, 0.15) is 25.3 Å². The molecule has 2 fully saturated rings. The minimum Gasteiger partial charge on any atom is -0.494 e. The Balaban J connectivity index is 1.27. The second-order valence-corrected chi connectivity index (χ2v) is 10.6.